The average Bonchev–Trinajstić information content (AvgIpc) is 2.69. The fourth-order valence-electron chi connectivity index (χ4n) is 3.47. The number of rotatable bonds is 5. The summed E-state index contributed by atoms with van der Waals surface area (Å²) in [5, 5.41) is 0. The molecule has 0 amide bonds. The van der Waals surface area contributed by atoms with Crippen LogP contribution in [-0.2, 0) is 5.41 Å². The molecule has 0 radical (unpaired) electrons. The van der Waals surface area contributed by atoms with Crippen LogP contribution in [0, 0.1) is 0 Å². The molecule has 0 atom stereocenters. The molecule has 3 aromatic carbocycles. The third-order valence-electron chi connectivity index (χ3n) is 5.43. The Kier molecular flexibility index (Phi) is 6.02. The molecule has 2 nitrogen and oxygen atoms in total. The molecular formula is C27H34N2. The summed E-state index contributed by atoms with van der Waals surface area (Å²) in [5.41, 5.74) is 7.57. The van der Waals surface area contributed by atoms with Gasteiger partial charge in [0.1, 0.15) is 0 Å². The van der Waals surface area contributed by atoms with Crippen LogP contribution in [-0.4, -0.2) is 14.1 Å². The Hall–Kier alpha value is -2.74. The lowest BCUT2D eigenvalue weighted by Gasteiger charge is -2.27. The Morgan fingerprint density at radius 3 is 1.34 bits per heavy atom. The van der Waals surface area contributed by atoms with Gasteiger partial charge in [-0.3, -0.25) is 0 Å². The molecule has 0 aliphatic rings. The minimum Gasteiger partial charge on any atom is -0.378 e. The van der Waals surface area contributed by atoms with Gasteiger partial charge in [0.05, 0.1) is 0 Å². The first-order chi connectivity index (χ1) is 13.7. The van der Waals surface area contributed by atoms with Crippen LogP contribution < -0.4 is 9.80 Å². The maximum absolute atomic E-state index is 2.33. The maximum atomic E-state index is 2.33. The van der Waals surface area contributed by atoms with Gasteiger partial charge in [-0.1, -0.05) is 58.9 Å². The van der Waals surface area contributed by atoms with Crippen molar-refractivity contribution in [2.75, 3.05) is 23.9 Å². The van der Waals surface area contributed by atoms with Gasteiger partial charge in [0.25, 0.3) is 0 Å². The van der Waals surface area contributed by atoms with Crippen molar-refractivity contribution < 1.29 is 0 Å². The summed E-state index contributed by atoms with van der Waals surface area (Å²) >= 11 is 0. The van der Waals surface area contributed by atoms with Gasteiger partial charge < -0.3 is 9.80 Å². The molecule has 0 aliphatic heterocycles. The van der Waals surface area contributed by atoms with Crippen molar-refractivity contribution in [3.05, 3.63) is 83.9 Å². The topological polar surface area (TPSA) is 6.48 Å². The van der Waals surface area contributed by atoms with Gasteiger partial charge >= 0.3 is 0 Å². The summed E-state index contributed by atoms with van der Waals surface area (Å²) in [4.78, 5) is 4.46. The molecule has 3 aromatic rings. The van der Waals surface area contributed by atoms with Gasteiger partial charge in [-0.2, -0.15) is 0 Å². The van der Waals surface area contributed by atoms with E-state index < -0.39 is 0 Å². The molecule has 0 aliphatic carbocycles. The molecule has 0 saturated heterocycles. The van der Waals surface area contributed by atoms with Crippen LogP contribution in [0.25, 0.3) is 0 Å². The zero-order valence-corrected chi connectivity index (χ0v) is 18.9. The highest BCUT2D eigenvalue weighted by Crippen LogP contribution is 2.37. The molecule has 0 fully saturated rings. The van der Waals surface area contributed by atoms with Crippen molar-refractivity contribution in [3.63, 3.8) is 0 Å². The number of hydrogen-bond acceptors (Lipinski definition) is 2. The van der Waals surface area contributed by atoms with Crippen LogP contribution in [0.15, 0.2) is 72.8 Å². The third-order valence-corrected chi connectivity index (χ3v) is 5.43. The Labute approximate surface area is 176 Å². The van der Waals surface area contributed by atoms with E-state index >= 15 is 0 Å². The lowest BCUT2D eigenvalue weighted by molar-refractivity contribution is 0.590. The highest BCUT2D eigenvalue weighted by Gasteiger charge is 2.16. The van der Waals surface area contributed by atoms with E-state index in [1.165, 1.54) is 28.2 Å². The number of nitrogens with zero attached hydrogens (tertiary/aromatic N) is 2. The van der Waals surface area contributed by atoms with Crippen molar-refractivity contribution in [1.82, 2.24) is 0 Å². The molecule has 0 unspecified atom stereocenters. The second-order valence-electron chi connectivity index (χ2n) is 9.29. The lowest BCUT2D eigenvalue weighted by atomic mass is 9.87. The first-order valence-electron chi connectivity index (χ1n) is 10.4. The molecule has 0 spiro atoms. The van der Waals surface area contributed by atoms with Crippen molar-refractivity contribution in [2.24, 2.45) is 0 Å². The molecular weight excluding hydrogens is 352 g/mol. The normalized spacial score (nSPS) is 11.6. The molecule has 0 heterocycles. The maximum Gasteiger partial charge on any atom is 0.0463 e. The third kappa shape index (κ3) is 4.82. The molecule has 0 saturated carbocycles. The smallest absolute Gasteiger partial charge is 0.0463 e. The Bertz CT molecular complexity index is 861. The van der Waals surface area contributed by atoms with E-state index in [-0.39, 0.29) is 5.41 Å². The second-order valence-corrected chi connectivity index (χ2v) is 9.29. The highest BCUT2D eigenvalue weighted by atomic mass is 15.1. The first-order valence-corrected chi connectivity index (χ1v) is 10.4. The Balaban J connectivity index is 2.06. The van der Waals surface area contributed by atoms with Crippen molar-refractivity contribution >= 4 is 22.7 Å². The van der Waals surface area contributed by atoms with E-state index in [4.69, 9.17) is 0 Å². The Morgan fingerprint density at radius 2 is 0.966 bits per heavy atom. The molecule has 3 rings (SSSR count). The molecule has 29 heavy (non-hydrogen) atoms. The number of benzene rings is 3. The lowest BCUT2D eigenvalue weighted by Crippen LogP contribution is -2.13. The van der Waals surface area contributed by atoms with Crippen LogP contribution in [0.2, 0.25) is 0 Å². The SMILES string of the molecule is CC(C)c1ccc(N(c2ccc(N(C)C)cc2)c2ccc(C(C)(C)C)cc2)cc1. The standard InChI is InChI=1S/C27H34N2/c1-20(2)21-8-12-24(13-9-21)29(26-18-16-23(17-19-26)28(6)7)25-14-10-22(11-15-25)27(3,4)5/h8-20H,1-7H3. The molecule has 2 heteroatoms. The van der Waals surface area contributed by atoms with Gasteiger partial charge in [-0.05, 0) is 71.0 Å². The van der Waals surface area contributed by atoms with E-state index in [1.54, 1.807) is 0 Å². The minimum absolute atomic E-state index is 0.148. The monoisotopic (exact) mass is 386 g/mol. The highest BCUT2D eigenvalue weighted by molar-refractivity contribution is 5.77. The quantitative estimate of drug-likeness (QED) is 0.444. The van der Waals surface area contributed by atoms with Gasteiger partial charge in [-0.25, -0.2) is 0 Å². The molecule has 0 N–H and O–H groups in total. The summed E-state index contributed by atoms with van der Waals surface area (Å²) < 4.78 is 0. The van der Waals surface area contributed by atoms with E-state index in [2.05, 4.69) is 131 Å². The molecule has 0 aromatic heterocycles. The van der Waals surface area contributed by atoms with Gasteiger partial charge in [-0.15, -0.1) is 0 Å². The van der Waals surface area contributed by atoms with Gasteiger partial charge in [0.15, 0.2) is 0 Å². The number of hydrogen-bond donors (Lipinski definition) is 0. The summed E-state index contributed by atoms with van der Waals surface area (Å²) in [7, 11) is 4.14. The summed E-state index contributed by atoms with van der Waals surface area (Å²) in [6.07, 6.45) is 0. The summed E-state index contributed by atoms with van der Waals surface area (Å²) in [5.74, 6) is 0.531. The number of anilines is 4. The fourth-order valence-corrected chi connectivity index (χ4v) is 3.47. The van der Waals surface area contributed by atoms with Crippen LogP contribution in [0.1, 0.15) is 51.7 Å². The zero-order valence-electron chi connectivity index (χ0n) is 18.9. The second kappa shape index (κ2) is 8.32. The van der Waals surface area contributed by atoms with E-state index in [0.717, 1.165) is 5.69 Å². The molecule has 152 valence electrons. The van der Waals surface area contributed by atoms with E-state index in [0.29, 0.717) is 5.92 Å². The van der Waals surface area contributed by atoms with E-state index in [9.17, 15) is 0 Å². The van der Waals surface area contributed by atoms with Crippen molar-refractivity contribution in [1.29, 1.82) is 0 Å². The van der Waals surface area contributed by atoms with Crippen LogP contribution in [0.4, 0.5) is 22.7 Å². The minimum atomic E-state index is 0.148. The zero-order chi connectivity index (χ0) is 21.2. The van der Waals surface area contributed by atoms with Crippen LogP contribution in [0.5, 0.6) is 0 Å². The Morgan fingerprint density at radius 1 is 0.586 bits per heavy atom. The first kappa shape index (κ1) is 21.0. The summed E-state index contributed by atoms with van der Waals surface area (Å²) in [6, 6.07) is 26.6. The largest absolute Gasteiger partial charge is 0.378 e. The van der Waals surface area contributed by atoms with Crippen LogP contribution >= 0.6 is 0 Å². The summed E-state index contributed by atoms with van der Waals surface area (Å²) in [6.45, 7) is 11.2. The van der Waals surface area contributed by atoms with Gasteiger partial charge in [0, 0.05) is 36.8 Å². The van der Waals surface area contributed by atoms with Crippen molar-refractivity contribution in [2.45, 2.75) is 46.0 Å². The predicted octanol–water partition coefficient (Wildman–Crippen LogP) is 7.64. The molecule has 0 bridgehead atoms. The fraction of sp³-hybridized carbons (Fsp3) is 0.333. The van der Waals surface area contributed by atoms with Crippen LogP contribution in [0.3, 0.4) is 0 Å². The van der Waals surface area contributed by atoms with Crippen molar-refractivity contribution in [3.8, 4) is 0 Å². The van der Waals surface area contributed by atoms with E-state index in [1.807, 2.05) is 0 Å². The average molecular weight is 387 g/mol. The van der Waals surface area contributed by atoms with Gasteiger partial charge in [0.2, 0.25) is 0 Å². The predicted molar refractivity (Wildman–Crippen MR) is 128 cm³/mol.